The first-order chi connectivity index (χ1) is 14.5. The van der Waals surface area contributed by atoms with Crippen molar-refractivity contribution in [3.05, 3.63) is 71.9 Å². The minimum absolute atomic E-state index is 0.185. The van der Waals surface area contributed by atoms with Crippen LogP contribution in [0.5, 0.6) is 11.5 Å². The standard InChI is InChI=1S/C23H29N3O4/c1-4-25-11-10-22(24)26-23(27)19-12-20(29-16-18-8-6-5-7-9-18)14-21(13-19)30-17(2)15-28-3/h5-14,17,25H,4,15-16H2,1-3H3,(H2,24,26,27)/p+1/b11-10-/t17-/m0/s1. The molecule has 7 nitrogen and oxygen atoms in total. The number of hydrogen-bond donors (Lipinski definition) is 3. The fraction of sp³-hybridized carbons (Fsp3) is 0.304. The van der Waals surface area contributed by atoms with Crippen molar-refractivity contribution >= 4 is 11.7 Å². The Labute approximate surface area is 177 Å². The predicted molar refractivity (Wildman–Crippen MR) is 116 cm³/mol. The van der Waals surface area contributed by atoms with E-state index >= 15 is 0 Å². The van der Waals surface area contributed by atoms with Gasteiger partial charge in [0.05, 0.1) is 12.2 Å². The Kier molecular flexibility index (Phi) is 9.40. The van der Waals surface area contributed by atoms with E-state index in [9.17, 15) is 4.79 Å². The zero-order valence-electron chi connectivity index (χ0n) is 17.7. The van der Waals surface area contributed by atoms with Crippen molar-refractivity contribution in [1.82, 2.24) is 10.6 Å². The van der Waals surface area contributed by atoms with Crippen LogP contribution in [0.15, 0.2) is 60.8 Å². The van der Waals surface area contributed by atoms with E-state index < -0.39 is 0 Å². The van der Waals surface area contributed by atoms with Crippen molar-refractivity contribution in [2.24, 2.45) is 0 Å². The minimum Gasteiger partial charge on any atom is -0.489 e. The summed E-state index contributed by atoms with van der Waals surface area (Å²) in [6, 6.07) is 14.9. The average Bonchev–Trinajstić information content (AvgIpc) is 2.73. The molecule has 0 heterocycles. The lowest BCUT2D eigenvalue weighted by molar-refractivity contribution is -0.115. The zero-order valence-corrected chi connectivity index (χ0v) is 17.7. The van der Waals surface area contributed by atoms with Gasteiger partial charge in [0.25, 0.3) is 5.84 Å². The topological polar surface area (TPSA) is 94.4 Å². The number of hydrogen-bond acceptors (Lipinski definition) is 5. The smallest absolute Gasteiger partial charge is 0.339 e. The molecule has 1 amide bonds. The number of amidine groups is 1. The number of carbonyl (C=O) groups is 1. The van der Waals surface area contributed by atoms with Crippen molar-refractivity contribution in [1.29, 1.82) is 0 Å². The number of nitrogens with two attached hydrogens (primary N) is 1. The number of benzene rings is 2. The average molecular weight is 413 g/mol. The molecule has 0 radical (unpaired) electrons. The van der Waals surface area contributed by atoms with E-state index in [-0.39, 0.29) is 17.8 Å². The van der Waals surface area contributed by atoms with Crippen LogP contribution in [0.25, 0.3) is 0 Å². The third kappa shape index (κ3) is 7.97. The summed E-state index contributed by atoms with van der Waals surface area (Å²) in [5, 5.41) is 11.5. The van der Waals surface area contributed by atoms with E-state index in [2.05, 4.69) is 10.6 Å². The number of nitrogens with one attached hydrogen (secondary N) is 2. The van der Waals surface area contributed by atoms with Crippen molar-refractivity contribution in [3.63, 3.8) is 0 Å². The molecule has 0 saturated heterocycles. The molecular formula is C23H30N3O4+. The van der Waals surface area contributed by atoms with Gasteiger partial charge in [0, 0.05) is 32.0 Å². The monoisotopic (exact) mass is 412 g/mol. The first kappa shape index (κ1) is 23.0. The number of carbonyl (C=O) groups excluding carboxylic acids is 1. The summed E-state index contributed by atoms with van der Waals surface area (Å²) >= 11 is 0. The van der Waals surface area contributed by atoms with Gasteiger partial charge >= 0.3 is 5.91 Å². The molecule has 2 aromatic rings. The van der Waals surface area contributed by atoms with Gasteiger partial charge < -0.3 is 19.5 Å². The van der Waals surface area contributed by atoms with Gasteiger partial charge in [-0.25, -0.2) is 10.1 Å². The Morgan fingerprint density at radius 1 is 1.17 bits per heavy atom. The molecule has 0 aliphatic rings. The van der Waals surface area contributed by atoms with Gasteiger partial charge in [-0.2, -0.15) is 0 Å². The Morgan fingerprint density at radius 2 is 1.90 bits per heavy atom. The summed E-state index contributed by atoms with van der Waals surface area (Å²) in [4.78, 5) is 12.7. The molecule has 4 N–H and O–H groups in total. The van der Waals surface area contributed by atoms with Crippen LogP contribution in [0.1, 0.15) is 29.8 Å². The predicted octanol–water partition coefficient (Wildman–Crippen LogP) is 1.69. The first-order valence-corrected chi connectivity index (χ1v) is 9.83. The maximum Gasteiger partial charge on any atom is 0.339 e. The highest BCUT2D eigenvalue weighted by molar-refractivity contribution is 6.08. The molecule has 7 heteroatoms. The van der Waals surface area contributed by atoms with Crippen LogP contribution >= 0.6 is 0 Å². The van der Waals surface area contributed by atoms with Crippen LogP contribution in [0.3, 0.4) is 0 Å². The van der Waals surface area contributed by atoms with Gasteiger partial charge in [-0.05, 0) is 31.5 Å². The SMILES string of the molecule is CCN/C=C\C(=[NH2+])NC(=O)c1cc(OCc2ccccc2)cc(O[C@@H](C)COC)c1. The van der Waals surface area contributed by atoms with Crippen LogP contribution in [-0.2, 0) is 11.3 Å². The molecule has 0 saturated carbocycles. The molecule has 0 aliphatic carbocycles. The van der Waals surface area contributed by atoms with Gasteiger partial charge in [-0.15, -0.1) is 0 Å². The molecule has 0 fully saturated rings. The molecule has 2 rings (SSSR count). The fourth-order valence-corrected chi connectivity index (χ4v) is 2.61. The summed E-state index contributed by atoms with van der Waals surface area (Å²) in [5.74, 6) is 0.903. The van der Waals surface area contributed by atoms with E-state index in [1.165, 1.54) is 0 Å². The third-order valence-corrected chi connectivity index (χ3v) is 3.97. The Bertz CT molecular complexity index is 853. The molecule has 0 bridgehead atoms. The van der Waals surface area contributed by atoms with Crippen molar-refractivity contribution in [2.45, 2.75) is 26.6 Å². The largest absolute Gasteiger partial charge is 0.489 e. The molecular weight excluding hydrogens is 382 g/mol. The number of methoxy groups -OCH3 is 1. The minimum atomic E-state index is -0.358. The Balaban J connectivity index is 2.17. The van der Waals surface area contributed by atoms with E-state index in [1.54, 1.807) is 37.6 Å². The molecule has 30 heavy (non-hydrogen) atoms. The number of amides is 1. The maximum atomic E-state index is 12.7. The van der Waals surface area contributed by atoms with Gasteiger partial charge in [0.1, 0.15) is 24.2 Å². The van der Waals surface area contributed by atoms with Crippen LogP contribution < -0.4 is 25.5 Å². The van der Waals surface area contributed by atoms with Gasteiger partial charge in [-0.1, -0.05) is 30.3 Å². The van der Waals surface area contributed by atoms with E-state index in [1.807, 2.05) is 44.2 Å². The summed E-state index contributed by atoms with van der Waals surface area (Å²) in [6.07, 6.45) is 3.08. The quantitative estimate of drug-likeness (QED) is 0.386. The summed E-state index contributed by atoms with van der Waals surface area (Å²) in [5.41, 5.74) is 1.40. The lowest BCUT2D eigenvalue weighted by Crippen LogP contribution is -2.49. The molecule has 160 valence electrons. The lowest BCUT2D eigenvalue weighted by Gasteiger charge is -2.16. The molecule has 2 aromatic carbocycles. The van der Waals surface area contributed by atoms with Crippen LogP contribution in [0.4, 0.5) is 0 Å². The maximum absolute atomic E-state index is 12.7. The normalized spacial score (nSPS) is 11.7. The third-order valence-electron chi connectivity index (χ3n) is 3.97. The highest BCUT2D eigenvalue weighted by atomic mass is 16.5. The van der Waals surface area contributed by atoms with E-state index in [0.717, 1.165) is 12.1 Å². The van der Waals surface area contributed by atoms with Crippen molar-refractivity contribution in [2.75, 3.05) is 20.3 Å². The molecule has 0 aliphatic heterocycles. The highest BCUT2D eigenvalue weighted by Gasteiger charge is 2.17. The molecule has 1 atom stereocenters. The lowest BCUT2D eigenvalue weighted by atomic mass is 10.1. The fourth-order valence-electron chi connectivity index (χ4n) is 2.61. The van der Waals surface area contributed by atoms with Gasteiger partial charge in [0.15, 0.2) is 0 Å². The summed E-state index contributed by atoms with van der Waals surface area (Å²) in [7, 11) is 1.61. The van der Waals surface area contributed by atoms with Crippen molar-refractivity contribution in [3.8, 4) is 11.5 Å². The second kappa shape index (κ2) is 12.3. The van der Waals surface area contributed by atoms with Gasteiger partial charge in [-0.3, -0.25) is 5.41 Å². The van der Waals surface area contributed by atoms with Gasteiger partial charge in [0.2, 0.25) is 0 Å². The second-order valence-corrected chi connectivity index (χ2v) is 6.65. The molecule has 0 aromatic heterocycles. The Hall–Kier alpha value is -3.32. The summed E-state index contributed by atoms with van der Waals surface area (Å²) in [6.45, 7) is 5.41. The van der Waals surface area contributed by atoms with Crippen LogP contribution in [-0.4, -0.2) is 38.1 Å². The van der Waals surface area contributed by atoms with Crippen LogP contribution in [0, 0.1) is 0 Å². The highest BCUT2D eigenvalue weighted by Crippen LogP contribution is 2.25. The van der Waals surface area contributed by atoms with Crippen molar-refractivity contribution < 1.29 is 24.4 Å². The second-order valence-electron chi connectivity index (χ2n) is 6.65. The molecule has 0 spiro atoms. The van der Waals surface area contributed by atoms with E-state index in [4.69, 9.17) is 19.6 Å². The first-order valence-electron chi connectivity index (χ1n) is 9.83. The number of rotatable bonds is 11. The Morgan fingerprint density at radius 3 is 2.60 bits per heavy atom. The molecule has 0 unspecified atom stereocenters. The van der Waals surface area contributed by atoms with E-state index in [0.29, 0.717) is 30.3 Å². The summed E-state index contributed by atoms with van der Waals surface area (Å²) < 4.78 is 16.9. The zero-order chi connectivity index (χ0) is 21.8. The van der Waals surface area contributed by atoms with Crippen LogP contribution in [0.2, 0.25) is 0 Å². The number of ether oxygens (including phenoxy) is 3.